The molecule has 1 unspecified atom stereocenters. The average molecular weight is 286 g/mol. The topological polar surface area (TPSA) is 84.7 Å². The number of tetrazole rings is 1. The van der Waals surface area contributed by atoms with Gasteiger partial charge in [0, 0.05) is 12.2 Å². The summed E-state index contributed by atoms with van der Waals surface area (Å²) in [4.78, 5) is 12.5. The molecule has 7 heteroatoms. The molecule has 3 rings (SSSR count). The number of hydrogen-bond acceptors (Lipinski definition) is 5. The maximum atomic E-state index is 12.5. The Hall–Kier alpha value is -2.28. The van der Waals surface area contributed by atoms with Crippen LogP contribution in [-0.4, -0.2) is 39.2 Å². The molecule has 0 aliphatic carbocycles. The van der Waals surface area contributed by atoms with Crippen LogP contribution < -0.4 is 10.6 Å². The van der Waals surface area contributed by atoms with E-state index in [1.165, 1.54) is 6.33 Å². The van der Waals surface area contributed by atoms with E-state index in [-0.39, 0.29) is 11.3 Å². The van der Waals surface area contributed by atoms with Crippen molar-refractivity contribution in [2.24, 2.45) is 5.41 Å². The summed E-state index contributed by atoms with van der Waals surface area (Å²) < 4.78 is 1.56. The molecule has 0 radical (unpaired) electrons. The molecule has 110 valence electrons. The number of nitrogens with one attached hydrogen (secondary N) is 2. The van der Waals surface area contributed by atoms with Crippen LogP contribution in [0.25, 0.3) is 5.69 Å². The molecule has 2 N–H and O–H groups in total. The summed E-state index contributed by atoms with van der Waals surface area (Å²) in [6, 6.07) is 5.75. The fourth-order valence-electron chi connectivity index (χ4n) is 2.45. The molecule has 1 aromatic heterocycles. The number of benzene rings is 1. The molecule has 0 saturated carbocycles. The van der Waals surface area contributed by atoms with Gasteiger partial charge in [-0.3, -0.25) is 4.79 Å². The molecule has 1 atom stereocenters. The van der Waals surface area contributed by atoms with E-state index in [0.29, 0.717) is 6.54 Å². The normalized spacial score (nSPS) is 21.4. The first-order chi connectivity index (χ1) is 10.1. The summed E-state index contributed by atoms with van der Waals surface area (Å²) >= 11 is 0. The molecule has 1 saturated heterocycles. The fourth-order valence-corrected chi connectivity index (χ4v) is 2.45. The largest absolute Gasteiger partial charge is 0.325 e. The number of carbonyl (C=O) groups excluding carboxylic acids is 1. The fraction of sp³-hybridized carbons (Fsp3) is 0.429. The summed E-state index contributed by atoms with van der Waals surface area (Å²) in [5, 5.41) is 17.4. The number of amides is 1. The third-order valence-electron chi connectivity index (χ3n) is 4.00. The van der Waals surface area contributed by atoms with Gasteiger partial charge in [-0.15, -0.1) is 5.10 Å². The first-order valence-electron chi connectivity index (χ1n) is 6.95. The van der Waals surface area contributed by atoms with Gasteiger partial charge in [0.15, 0.2) is 0 Å². The molecule has 0 spiro atoms. The second-order valence-corrected chi connectivity index (χ2v) is 5.70. The van der Waals surface area contributed by atoms with Crippen LogP contribution in [0.1, 0.15) is 18.9 Å². The molecule has 1 aliphatic rings. The van der Waals surface area contributed by atoms with Gasteiger partial charge < -0.3 is 10.6 Å². The highest BCUT2D eigenvalue weighted by molar-refractivity contribution is 5.96. The van der Waals surface area contributed by atoms with Gasteiger partial charge in [0.05, 0.1) is 11.1 Å². The average Bonchev–Trinajstić information content (AvgIpc) is 3.13. The number of hydrogen-bond donors (Lipinski definition) is 2. The SMILES string of the molecule is Cc1ccc(-n2cnnn2)cc1NC(=O)C1(C)CCNC1. The third kappa shape index (κ3) is 2.64. The maximum absolute atomic E-state index is 12.5. The van der Waals surface area contributed by atoms with E-state index in [0.717, 1.165) is 29.9 Å². The number of aromatic nitrogens is 4. The van der Waals surface area contributed by atoms with Crippen LogP contribution >= 0.6 is 0 Å². The van der Waals surface area contributed by atoms with Crippen molar-refractivity contribution >= 4 is 11.6 Å². The molecular weight excluding hydrogens is 268 g/mol. The van der Waals surface area contributed by atoms with Crippen molar-refractivity contribution in [3.8, 4) is 5.69 Å². The van der Waals surface area contributed by atoms with Crippen molar-refractivity contribution in [1.82, 2.24) is 25.5 Å². The zero-order valence-corrected chi connectivity index (χ0v) is 12.1. The maximum Gasteiger partial charge on any atom is 0.231 e. The highest BCUT2D eigenvalue weighted by atomic mass is 16.2. The summed E-state index contributed by atoms with van der Waals surface area (Å²) in [7, 11) is 0. The van der Waals surface area contributed by atoms with Gasteiger partial charge in [0.2, 0.25) is 5.91 Å². The van der Waals surface area contributed by atoms with Crippen LogP contribution in [-0.2, 0) is 4.79 Å². The number of nitrogens with zero attached hydrogens (tertiary/aromatic N) is 4. The molecule has 1 fully saturated rings. The minimum absolute atomic E-state index is 0.0458. The van der Waals surface area contributed by atoms with Gasteiger partial charge in [-0.05, 0) is 54.9 Å². The Morgan fingerprint density at radius 2 is 2.33 bits per heavy atom. The first kappa shape index (κ1) is 13.7. The van der Waals surface area contributed by atoms with Crippen molar-refractivity contribution in [3.63, 3.8) is 0 Å². The van der Waals surface area contributed by atoms with Crippen LogP contribution in [0.2, 0.25) is 0 Å². The van der Waals surface area contributed by atoms with Gasteiger partial charge in [-0.25, -0.2) is 4.68 Å². The van der Waals surface area contributed by atoms with E-state index in [4.69, 9.17) is 0 Å². The van der Waals surface area contributed by atoms with Crippen molar-refractivity contribution in [1.29, 1.82) is 0 Å². The van der Waals surface area contributed by atoms with Crippen molar-refractivity contribution in [3.05, 3.63) is 30.1 Å². The minimum Gasteiger partial charge on any atom is -0.325 e. The lowest BCUT2D eigenvalue weighted by Crippen LogP contribution is -2.35. The number of aryl methyl sites for hydroxylation is 1. The Morgan fingerprint density at radius 3 is 3.00 bits per heavy atom. The van der Waals surface area contributed by atoms with E-state index in [2.05, 4.69) is 26.2 Å². The minimum atomic E-state index is -0.350. The van der Waals surface area contributed by atoms with Crippen LogP contribution in [0.5, 0.6) is 0 Å². The van der Waals surface area contributed by atoms with Gasteiger partial charge in [-0.1, -0.05) is 6.07 Å². The summed E-state index contributed by atoms with van der Waals surface area (Å²) in [5.41, 5.74) is 2.27. The summed E-state index contributed by atoms with van der Waals surface area (Å²) in [6.45, 7) is 5.55. The molecule has 1 aliphatic heterocycles. The molecule has 1 aromatic carbocycles. The molecule has 0 bridgehead atoms. The molecular formula is C14H18N6O. The number of anilines is 1. The molecule has 2 aromatic rings. The smallest absolute Gasteiger partial charge is 0.231 e. The number of carbonyl (C=O) groups is 1. The molecule has 21 heavy (non-hydrogen) atoms. The predicted octanol–water partition coefficient (Wildman–Crippen LogP) is 0.909. The highest BCUT2D eigenvalue weighted by Gasteiger charge is 2.36. The lowest BCUT2D eigenvalue weighted by molar-refractivity contribution is -0.123. The number of rotatable bonds is 3. The molecule has 2 heterocycles. The van der Waals surface area contributed by atoms with E-state index in [1.54, 1.807) is 4.68 Å². The van der Waals surface area contributed by atoms with Gasteiger partial charge in [0.25, 0.3) is 0 Å². The highest BCUT2D eigenvalue weighted by Crippen LogP contribution is 2.28. The zero-order chi connectivity index (χ0) is 14.9. The van der Waals surface area contributed by atoms with Crippen molar-refractivity contribution in [2.75, 3.05) is 18.4 Å². The van der Waals surface area contributed by atoms with Gasteiger partial charge in [0.1, 0.15) is 6.33 Å². The summed E-state index contributed by atoms with van der Waals surface area (Å²) in [6.07, 6.45) is 2.38. The Balaban J connectivity index is 1.85. The van der Waals surface area contributed by atoms with Gasteiger partial charge in [-0.2, -0.15) is 0 Å². The summed E-state index contributed by atoms with van der Waals surface area (Å²) in [5.74, 6) is 0.0458. The van der Waals surface area contributed by atoms with Crippen molar-refractivity contribution in [2.45, 2.75) is 20.3 Å². The van der Waals surface area contributed by atoms with E-state index in [1.807, 2.05) is 32.0 Å². The second kappa shape index (κ2) is 5.25. The standard InChI is InChI=1S/C14H18N6O/c1-10-3-4-11(20-9-16-18-19-20)7-12(10)17-13(21)14(2)5-6-15-8-14/h3-4,7,9,15H,5-6,8H2,1-2H3,(H,17,21). The Morgan fingerprint density at radius 1 is 1.48 bits per heavy atom. The Bertz CT molecular complexity index is 645. The second-order valence-electron chi connectivity index (χ2n) is 5.70. The first-order valence-corrected chi connectivity index (χ1v) is 6.95. The Labute approximate surface area is 122 Å². The lowest BCUT2D eigenvalue weighted by atomic mass is 9.88. The van der Waals surface area contributed by atoms with E-state index in [9.17, 15) is 4.79 Å². The van der Waals surface area contributed by atoms with Gasteiger partial charge >= 0.3 is 0 Å². The third-order valence-corrected chi connectivity index (χ3v) is 4.00. The van der Waals surface area contributed by atoms with E-state index >= 15 is 0 Å². The van der Waals surface area contributed by atoms with Crippen LogP contribution in [0.3, 0.4) is 0 Å². The molecule has 7 nitrogen and oxygen atoms in total. The zero-order valence-electron chi connectivity index (χ0n) is 12.1. The Kier molecular flexibility index (Phi) is 3.42. The van der Waals surface area contributed by atoms with Crippen molar-refractivity contribution < 1.29 is 4.79 Å². The predicted molar refractivity (Wildman–Crippen MR) is 78.1 cm³/mol. The quantitative estimate of drug-likeness (QED) is 0.876. The molecule has 1 amide bonds. The monoisotopic (exact) mass is 286 g/mol. The van der Waals surface area contributed by atoms with Crippen LogP contribution in [0, 0.1) is 12.3 Å². The van der Waals surface area contributed by atoms with E-state index < -0.39 is 0 Å². The van der Waals surface area contributed by atoms with Crippen LogP contribution in [0.4, 0.5) is 5.69 Å². The lowest BCUT2D eigenvalue weighted by Gasteiger charge is -2.22. The van der Waals surface area contributed by atoms with Crippen LogP contribution in [0.15, 0.2) is 24.5 Å².